The van der Waals surface area contributed by atoms with E-state index in [-0.39, 0.29) is 0 Å². The molecular weight excluding hydrogens is 268 g/mol. The van der Waals surface area contributed by atoms with E-state index >= 15 is 0 Å². The molecule has 3 atom stereocenters. The summed E-state index contributed by atoms with van der Waals surface area (Å²) in [4.78, 5) is 0. The quantitative estimate of drug-likeness (QED) is 0.738. The summed E-state index contributed by atoms with van der Waals surface area (Å²) >= 11 is 0. The third kappa shape index (κ3) is 4.26. The van der Waals surface area contributed by atoms with Gasteiger partial charge in [-0.3, -0.25) is 0 Å². The van der Waals surface area contributed by atoms with Gasteiger partial charge in [-0.15, -0.1) is 0 Å². The molecule has 1 aliphatic rings. The van der Waals surface area contributed by atoms with E-state index in [9.17, 15) is 8.78 Å². The van der Waals surface area contributed by atoms with Crippen LogP contribution in [-0.2, 0) is 0 Å². The van der Waals surface area contributed by atoms with Gasteiger partial charge in [-0.05, 0) is 67.8 Å². The molecule has 0 bridgehead atoms. The Morgan fingerprint density at radius 2 is 1.95 bits per heavy atom. The van der Waals surface area contributed by atoms with Gasteiger partial charge in [0.1, 0.15) is 0 Å². The van der Waals surface area contributed by atoms with Crippen molar-refractivity contribution in [3.05, 3.63) is 35.4 Å². The van der Waals surface area contributed by atoms with Gasteiger partial charge >= 0.3 is 0 Å². The van der Waals surface area contributed by atoms with E-state index in [2.05, 4.69) is 19.2 Å². The molecule has 1 fully saturated rings. The lowest BCUT2D eigenvalue weighted by atomic mass is 9.70. The Morgan fingerprint density at radius 1 is 1.14 bits per heavy atom. The maximum absolute atomic E-state index is 13.6. The minimum absolute atomic E-state index is 0.350. The third-order valence-corrected chi connectivity index (χ3v) is 4.88. The van der Waals surface area contributed by atoms with Gasteiger partial charge in [0.15, 0.2) is 11.6 Å². The van der Waals surface area contributed by atoms with Crippen molar-refractivity contribution < 1.29 is 8.78 Å². The molecule has 1 aliphatic carbocycles. The molecular formula is C18H27F2N. The number of nitrogens with one attached hydrogen (secondary N) is 1. The Morgan fingerprint density at radius 3 is 2.62 bits per heavy atom. The van der Waals surface area contributed by atoms with E-state index in [0.29, 0.717) is 17.8 Å². The van der Waals surface area contributed by atoms with Gasteiger partial charge in [0.25, 0.3) is 0 Å². The van der Waals surface area contributed by atoms with Gasteiger partial charge in [-0.1, -0.05) is 32.8 Å². The minimum atomic E-state index is -0.748. The van der Waals surface area contributed by atoms with Crippen molar-refractivity contribution in [1.82, 2.24) is 5.32 Å². The first kappa shape index (κ1) is 16.4. The van der Waals surface area contributed by atoms with Crippen LogP contribution >= 0.6 is 0 Å². The van der Waals surface area contributed by atoms with Gasteiger partial charge in [0, 0.05) is 0 Å². The maximum Gasteiger partial charge on any atom is 0.159 e. The predicted molar refractivity (Wildman–Crippen MR) is 83.4 cm³/mol. The molecule has 1 N–H and O–H groups in total. The first-order valence-corrected chi connectivity index (χ1v) is 8.31. The highest BCUT2D eigenvalue weighted by Crippen LogP contribution is 2.41. The van der Waals surface area contributed by atoms with Crippen LogP contribution in [0.4, 0.5) is 8.78 Å². The highest BCUT2D eigenvalue weighted by molar-refractivity contribution is 5.23. The van der Waals surface area contributed by atoms with Crippen molar-refractivity contribution >= 4 is 0 Å². The van der Waals surface area contributed by atoms with Crippen molar-refractivity contribution in [2.45, 2.75) is 51.9 Å². The van der Waals surface area contributed by atoms with Crippen LogP contribution in [0.2, 0.25) is 0 Å². The van der Waals surface area contributed by atoms with Crippen LogP contribution in [0.25, 0.3) is 0 Å². The van der Waals surface area contributed by atoms with Crippen LogP contribution < -0.4 is 5.32 Å². The highest BCUT2D eigenvalue weighted by Gasteiger charge is 2.31. The summed E-state index contributed by atoms with van der Waals surface area (Å²) in [6.45, 7) is 6.39. The summed E-state index contributed by atoms with van der Waals surface area (Å²) in [6, 6.07) is 4.45. The summed E-state index contributed by atoms with van der Waals surface area (Å²) in [7, 11) is 0. The Kier molecular flexibility index (Phi) is 6.16. The van der Waals surface area contributed by atoms with Crippen molar-refractivity contribution in [2.75, 3.05) is 13.1 Å². The highest BCUT2D eigenvalue weighted by atomic mass is 19.2. The first-order chi connectivity index (χ1) is 10.2. The second kappa shape index (κ2) is 7.88. The summed E-state index contributed by atoms with van der Waals surface area (Å²) in [6.07, 6.45) is 5.84. The number of benzene rings is 1. The lowest BCUT2D eigenvalue weighted by Crippen LogP contribution is -2.32. The molecule has 0 amide bonds. The van der Waals surface area contributed by atoms with Crippen LogP contribution in [0.1, 0.15) is 57.4 Å². The zero-order chi connectivity index (χ0) is 15.2. The standard InChI is InChI=1S/C18H27F2N/c1-3-9-21-12-15-6-5-13(4-2)10-16(15)14-7-8-17(19)18(20)11-14/h7-8,11,13,15-16,21H,3-6,9-10,12H2,1-2H3. The molecule has 1 aromatic carbocycles. The minimum Gasteiger partial charge on any atom is -0.316 e. The number of rotatable bonds is 6. The Bertz CT molecular complexity index is 445. The lowest BCUT2D eigenvalue weighted by Gasteiger charge is -2.36. The van der Waals surface area contributed by atoms with Crippen LogP contribution in [-0.4, -0.2) is 13.1 Å². The van der Waals surface area contributed by atoms with Gasteiger partial charge in [-0.2, -0.15) is 0 Å². The fourth-order valence-corrected chi connectivity index (χ4v) is 3.55. The summed E-state index contributed by atoms with van der Waals surface area (Å²) < 4.78 is 26.7. The van der Waals surface area contributed by atoms with Crippen molar-refractivity contribution in [3.63, 3.8) is 0 Å². The van der Waals surface area contributed by atoms with Crippen molar-refractivity contribution in [3.8, 4) is 0 Å². The smallest absolute Gasteiger partial charge is 0.159 e. The van der Waals surface area contributed by atoms with Crippen LogP contribution in [0, 0.1) is 23.5 Å². The SMILES string of the molecule is CCCNCC1CCC(CC)CC1c1ccc(F)c(F)c1. The number of hydrogen-bond acceptors (Lipinski definition) is 1. The molecule has 1 nitrogen and oxygen atoms in total. The number of halogens is 2. The fourth-order valence-electron chi connectivity index (χ4n) is 3.55. The van der Waals surface area contributed by atoms with E-state index in [4.69, 9.17) is 0 Å². The molecule has 1 saturated carbocycles. The van der Waals surface area contributed by atoms with E-state index < -0.39 is 11.6 Å². The molecule has 1 aromatic rings. The normalized spacial score (nSPS) is 26.0. The molecule has 0 saturated heterocycles. The monoisotopic (exact) mass is 295 g/mol. The Labute approximate surface area is 127 Å². The van der Waals surface area contributed by atoms with Crippen LogP contribution in [0.3, 0.4) is 0 Å². The van der Waals surface area contributed by atoms with E-state index in [1.54, 1.807) is 6.07 Å². The molecule has 21 heavy (non-hydrogen) atoms. The Hall–Kier alpha value is -0.960. The van der Waals surface area contributed by atoms with Gasteiger partial charge in [0.05, 0.1) is 0 Å². The molecule has 0 aromatic heterocycles. The van der Waals surface area contributed by atoms with Gasteiger partial charge in [-0.25, -0.2) is 8.78 Å². The molecule has 0 radical (unpaired) electrons. The lowest BCUT2D eigenvalue weighted by molar-refractivity contribution is 0.225. The Balaban J connectivity index is 2.13. The van der Waals surface area contributed by atoms with Gasteiger partial charge in [0.2, 0.25) is 0 Å². The second-order valence-electron chi connectivity index (χ2n) is 6.33. The summed E-state index contributed by atoms with van der Waals surface area (Å²) in [5, 5.41) is 3.50. The molecule has 118 valence electrons. The average molecular weight is 295 g/mol. The van der Waals surface area contributed by atoms with Crippen molar-refractivity contribution in [2.24, 2.45) is 11.8 Å². The van der Waals surface area contributed by atoms with E-state index in [0.717, 1.165) is 31.5 Å². The molecule has 0 heterocycles. The summed E-state index contributed by atoms with van der Waals surface area (Å²) in [5.41, 5.74) is 0.968. The molecule has 3 heteroatoms. The van der Waals surface area contributed by atoms with Gasteiger partial charge < -0.3 is 5.32 Å². The predicted octanol–water partition coefficient (Wildman–Crippen LogP) is 4.87. The molecule has 0 spiro atoms. The number of hydrogen-bond donors (Lipinski definition) is 1. The molecule has 3 unspecified atom stereocenters. The van der Waals surface area contributed by atoms with Crippen molar-refractivity contribution in [1.29, 1.82) is 0 Å². The largest absolute Gasteiger partial charge is 0.316 e. The van der Waals surface area contributed by atoms with E-state index in [1.807, 2.05) is 0 Å². The first-order valence-electron chi connectivity index (χ1n) is 8.31. The van der Waals surface area contributed by atoms with Crippen LogP contribution in [0.5, 0.6) is 0 Å². The zero-order valence-corrected chi connectivity index (χ0v) is 13.2. The third-order valence-electron chi connectivity index (χ3n) is 4.88. The zero-order valence-electron chi connectivity index (χ0n) is 13.2. The fraction of sp³-hybridized carbons (Fsp3) is 0.667. The maximum atomic E-state index is 13.6. The summed E-state index contributed by atoms with van der Waals surface area (Å²) in [5.74, 6) is 0.131. The second-order valence-corrected chi connectivity index (χ2v) is 6.33. The van der Waals surface area contributed by atoms with Crippen LogP contribution in [0.15, 0.2) is 18.2 Å². The molecule has 0 aliphatic heterocycles. The molecule has 2 rings (SSSR count). The average Bonchev–Trinajstić information content (AvgIpc) is 2.50. The van der Waals surface area contributed by atoms with E-state index in [1.165, 1.54) is 31.4 Å². The topological polar surface area (TPSA) is 12.0 Å².